The lowest BCUT2D eigenvalue weighted by Gasteiger charge is -2.18. The smallest absolute Gasteiger partial charge is 0.242 e. The average molecular weight is 346 g/mol. The molecule has 0 atom stereocenters. The van der Waals surface area contributed by atoms with E-state index in [9.17, 15) is 0 Å². The zero-order valence-corrected chi connectivity index (χ0v) is 15.1. The molecule has 0 N–H and O–H groups in total. The fourth-order valence-electron chi connectivity index (χ4n) is 3.18. The average Bonchev–Trinajstić information content (AvgIpc) is 2.70. The van der Waals surface area contributed by atoms with E-state index in [1.165, 1.54) is 0 Å². The third-order valence-electron chi connectivity index (χ3n) is 4.70. The summed E-state index contributed by atoms with van der Waals surface area (Å²) >= 11 is 0. The molecule has 0 aliphatic carbocycles. The first-order valence-electron chi connectivity index (χ1n) is 9.10. The zero-order valence-electron chi connectivity index (χ0n) is 15.1. The van der Waals surface area contributed by atoms with Gasteiger partial charge in [-0.05, 0) is 31.3 Å². The molecule has 0 saturated heterocycles. The second-order valence-electron chi connectivity index (χ2n) is 6.22. The van der Waals surface area contributed by atoms with Crippen molar-refractivity contribution >= 4 is 33.0 Å². The first-order chi connectivity index (χ1) is 12.8. The molecule has 0 spiro atoms. The molecule has 0 fully saturated rings. The van der Waals surface area contributed by atoms with Crippen LogP contribution in [0.1, 0.15) is 13.8 Å². The number of benzene rings is 2. The first-order valence-corrected chi connectivity index (χ1v) is 9.10. The van der Waals surface area contributed by atoms with Crippen molar-refractivity contribution in [2.45, 2.75) is 13.8 Å². The quantitative estimate of drug-likeness (QED) is 0.389. The van der Waals surface area contributed by atoms with E-state index >= 15 is 0 Å². The molecule has 5 nitrogen and oxygen atoms in total. The normalized spacial score (nSPS) is 11.7. The highest BCUT2D eigenvalue weighted by molar-refractivity contribution is 6.06. The molecule has 2 aromatic heterocycles. The third-order valence-corrected chi connectivity index (χ3v) is 4.70. The predicted molar refractivity (Wildman–Crippen MR) is 106 cm³/mol. The number of fused-ring (bicyclic) bond motifs is 4. The Kier molecular flexibility index (Phi) is 4.63. The number of hydrogen-bond donors (Lipinski definition) is 0. The van der Waals surface area contributed by atoms with E-state index in [1.54, 1.807) is 0 Å². The van der Waals surface area contributed by atoms with Crippen LogP contribution in [0, 0.1) is 0 Å². The van der Waals surface area contributed by atoms with Gasteiger partial charge >= 0.3 is 0 Å². The van der Waals surface area contributed by atoms with E-state index in [4.69, 9.17) is 19.7 Å². The molecular formula is C21H22N4O. The van der Waals surface area contributed by atoms with Gasteiger partial charge in [-0.25, -0.2) is 15.0 Å². The summed E-state index contributed by atoms with van der Waals surface area (Å²) in [5.74, 6) is 0.559. The van der Waals surface area contributed by atoms with Crippen molar-refractivity contribution in [2.24, 2.45) is 0 Å². The number of pyridine rings is 1. The lowest BCUT2D eigenvalue weighted by atomic mass is 10.1. The second-order valence-corrected chi connectivity index (χ2v) is 6.22. The Morgan fingerprint density at radius 3 is 2.08 bits per heavy atom. The monoisotopic (exact) mass is 346 g/mol. The first kappa shape index (κ1) is 16.7. The Balaban J connectivity index is 1.83. The van der Waals surface area contributed by atoms with Crippen LogP contribution in [-0.4, -0.2) is 46.1 Å². The number of ether oxygens (including phenoxy) is 1. The van der Waals surface area contributed by atoms with Gasteiger partial charge in [-0.2, -0.15) is 0 Å². The summed E-state index contributed by atoms with van der Waals surface area (Å²) in [5.41, 5.74) is 4.17. The van der Waals surface area contributed by atoms with Crippen LogP contribution in [0.5, 0.6) is 5.88 Å². The Labute approximate surface area is 152 Å². The molecule has 4 aromatic rings. The molecule has 0 aliphatic rings. The molecule has 132 valence electrons. The van der Waals surface area contributed by atoms with Crippen LogP contribution in [0.2, 0.25) is 0 Å². The fraction of sp³-hybridized carbons (Fsp3) is 0.286. The van der Waals surface area contributed by atoms with Gasteiger partial charge in [-0.15, -0.1) is 0 Å². The maximum Gasteiger partial charge on any atom is 0.242 e. The number of rotatable bonds is 6. The predicted octanol–water partition coefficient (Wildman–Crippen LogP) is 4.05. The number of para-hydroxylation sites is 3. The van der Waals surface area contributed by atoms with E-state index < -0.39 is 0 Å². The summed E-state index contributed by atoms with van der Waals surface area (Å²) in [4.78, 5) is 16.7. The Morgan fingerprint density at radius 2 is 1.38 bits per heavy atom. The summed E-state index contributed by atoms with van der Waals surface area (Å²) in [6.45, 7) is 7.78. The molecule has 5 heteroatoms. The third kappa shape index (κ3) is 3.06. The minimum atomic E-state index is 0.559. The van der Waals surface area contributed by atoms with Gasteiger partial charge in [0.1, 0.15) is 12.1 Å². The molecule has 0 amide bonds. The lowest BCUT2D eigenvalue weighted by Crippen LogP contribution is -2.28. The molecule has 2 heterocycles. The molecule has 0 aliphatic heterocycles. The van der Waals surface area contributed by atoms with Crippen LogP contribution in [0.3, 0.4) is 0 Å². The summed E-state index contributed by atoms with van der Waals surface area (Å²) in [7, 11) is 0. The maximum absolute atomic E-state index is 6.06. The second kappa shape index (κ2) is 7.22. The van der Waals surface area contributed by atoms with Crippen molar-refractivity contribution in [1.29, 1.82) is 0 Å². The SMILES string of the molecule is CCN(CC)CCOc1nc2ccccc2c2nc3ccccc3nc12. The Bertz CT molecular complexity index is 1060. The van der Waals surface area contributed by atoms with Gasteiger partial charge in [0.15, 0.2) is 5.52 Å². The van der Waals surface area contributed by atoms with Gasteiger partial charge in [0.05, 0.1) is 16.6 Å². The van der Waals surface area contributed by atoms with Crippen molar-refractivity contribution in [3.8, 4) is 5.88 Å². The number of aromatic nitrogens is 3. The topological polar surface area (TPSA) is 51.1 Å². The summed E-state index contributed by atoms with van der Waals surface area (Å²) < 4.78 is 6.06. The number of hydrogen-bond acceptors (Lipinski definition) is 5. The van der Waals surface area contributed by atoms with E-state index in [-0.39, 0.29) is 0 Å². The highest BCUT2D eigenvalue weighted by Gasteiger charge is 2.14. The van der Waals surface area contributed by atoms with Gasteiger partial charge in [-0.1, -0.05) is 44.2 Å². The van der Waals surface area contributed by atoms with Gasteiger partial charge in [-0.3, -0.25) is 0 Å². The van der Waals surface area contributed by atoms with E-state index in [2.05, 4.69) is 18.7 Å². The van der Waals surface area contributed by atoms with Crippen LogP contribution in [0.4, 0.5) is 0 Å². The molecular weight excluding hydrogens is 324 g/mol. The molecule has 0 bridgehead atoms. The molecule has 2 aromatic carbocycles. The van der Waals surface area contributed by atoms with Gasteiger partial charge < -0.3 is 9.64 Å². The van der Waals surface area contributed by atoms with Gasteiger partial charge in [0, 0.05) is 11.9 Å². The van der Waals surface area contributed by atoms with Crippen LogP contribution in [0.15, 0.2) is 48.5 Å². The summed E-state index contributed by atoms with van der Waals surface area (Å²) in [6.07, 6.45) is 0. The fourth-order valence-corrected chi connectivity index (χ4v) is 3.18. The van der Waals surface area contributed by atoms with Crippen LogP contribution < -0.4 is 4.74 Å². The molecule has 0 unspecified atom stereocenters. The maximum atomic E-state index is 6.06. The van der Waals surface area contributed by atoms with E-state index in [1.807, 2.05) is 48.5 Å². The summed E-state index contributed by atoms with van der Waals surface area (Å²) in [6, 6.07) is 15.9. The molecule has 26 heavy (non-hydrogen) atoms. The van der Waals surface area contributed by atoms with Gasteiger partial charge in [0.25, 0.3) is 0 Å². The molecule has 4 rings (SSSR count). The Hall–Kier alpha value is -2.79. The van der Waals surface area contributed by atoms with Crippen molar-refractivity contribution < 1.29 is 4.74 Å². The number of likely N-dealkylation sites (N-methyl/N-ethyl adjacent to an activating group) is 1. The molecule has 0 radical (unpaired) electrons. The van der Waals surface area contributed by atoms with Crippen molar-refractivity contribution in [2.75, 3.05) is 26.2 Å². The minimum Gasteiger partial charge on any atom is -0.475 e. The van der Waals surface area contributed by atoms with Gasteiger partial charge in [0.2, 0.25) is 5.88 Å². The van der Waals surface area contributed by atoms with Crippen molar-refractivity contribution in [3.05, 3.63) is 48.5 Å². The van der Waals surface area contributed by atoms with E-state index in [0.717, 1.165) is 52.6 Å². The van der Waals surface area contributed by atoms with Crippen molar-refractivity contribution in [1.82, 2.24) is 19.9 Å². The minimum absolute atomic E-state index is 0.559. The lowest BCUT2D eigenvalue weighted by molar-refractivity contribution is 0.220. The standard InChI is InChI=1S/C21H22N4O/c1-3-25(4-2)13-14-26-21-20-19(15-9-5-6-10-16(15)24-21)22-17-11-7-8-12-18(17)23-20/h5-12H,3-4,13-14H2,1-2H3. The Morgan fingerprint density at radius 1 is 0.769 bits per heavy atom. The van der Waals surface area contributed by atoms with Crippen LogP contribution in [0.25, 0.3) is 33.0 Å². The number of nitrogens with zero attached hydrogens (tertiary/aromatic N) is 4. The van der Waals surface area contributed by atoms with E-state index in [0.29, 0.717) is 12.5 Å². The van der Waals surface area contributed by atoms with Crippen LogP contribution >= 0.6 is 0 Å². The highest BCUT2D eigenvalue weighted by Crippen LogP contribution is 2.29. The zero-order chi connectivity index (χ0) is 17.9. The largest absolute Gasteiger partial charge is 0.475 e. The molecule has 0 saturated carbocycles. The van der Waals surface area contributed by atoms with Crippen molar-refractivity contribution in [3.63, 3.8) is 0 Å². The van der Waals surface area contributed by atoms with Crippen LogP contribution in [-0.2, 0) is 0 Å². The highest BCUT2D eigenvalue weighted by atomic mass is 16.5. The summed E-state index contributed by atoms with van der Waals surface area (Å²) in [5, 5.41) is 0.997.